The summed E-state index contributed by atoms with van der Waals surface area (Å²) in [5.74, 6) is 0.720. The molecule has 2 aliphatic heterocycles. The van der Waals surface area contributed by atoms with Crippen LogP contribution in [0.1, 0.15) is 26.2 Å². The molecule has 2 aliphatic rings. The fourth-order valence-corrected chi connectivity index (χ4v) is 4.10. The van der Waals surface area contributed by atoms with Gasteiger partial charge in [0.05, 0.1) is 12.8 Å². The molecule has 2 aromatic rings. The van der Waals surface area contributed by atoms with Gasteiger partial charge in [0.2, 0.25) is 5.91 Å². The Hall–Kier alpha value is -3.75. The Morgan fingerprint density at radius 2 is 1.82 bits per heavy atom. The van der Waals surface area contributed by atoms with Gasteiger partial charge in [-0.1, -0.05) is 12.1 Å². The third-order valence-electron chi connectivity index (χ3n) is 5.88. The summed E-state index contributed by atoms with van der Waals surface area (Å²) in [6.45, 7) is 2.80. The van der Waals surface area contributed by atoms with Crippen LogP contribution in [0.3, 0.4) is 0 Å². The Bertz CT molecular complexity index is 1070. The first-order chi connectivity index (χ1) is 16.5. The number of amides is 3. The topological polar surface area (TPSA) is 97.4 Å². The Kier molecular flexibility index (Phi) is 7.20. The first kappa shape index (κ1) is 23.4. The molecule has 2 aromatic carbocycles. The molecule has 180 valence electrons. The molecule has 0 spiro atoms. The van der Waals surface area contributed by atoms with Gasteiger partial charge in [-0.05, 0) is 56.5 Å². The number of nitrogens with zero attached hydrogens (tertiary/aromatic N) is 2. The van der Waals surface area contributed by atoms with Crippen LogP contribution in [0.25, 0.3) is 0 Å². The molecule has 1 saturated heterocycles. The molecule has 2 heterocycles. The largest absolute Gasteiger partial charge is 0.493 e. The van der Waals surface area contributed by atoms with Crippen LogP contribution in [-0.4, -0.2) is 62.1 Å². The molecule has 1 fully saturated rings. The minimum atomic E-state index is -0.698. The summed E-state index contributed by atoms with van der Waals surface area (Å²) in [7, 11) is 1.53. The van der Waals surface area contributed by atoms with Gasteiger partial charge >= 0.3 is 0 Å². The van der Waals surface area contributed by atoms with E-state index in [4.69, 9.17) is 14.2 Å². The van der Waals surface area contributed by atoms with Crippen molar-refractivity contribution in [1.29, 1.82) is 0 Å². The van der Waals surface area contributed by atoms with Crippen LogP contribution in [0.5, 0.6) is 17.2 Å². The Labute approximate surface area is 198 Å². The standard InChI is InChI=1S/C25H29N3O6/c1-17-25(31)28(15-24(30)27-12-6-3-7-13-27)19-14-18(10-11-20(19)34-17)26-23(29)16-33-22-9-5-4-8-21(22)32-2/h4-5,8-11,14,17H,3,6-7,12-13,15-16H2,1-2H3,(H,26,29). The number of ether oxygens (including phenoxy) is 3. The SMILES string of the molecule is COc1ccccc1OCC(=O)Nc1ccc2c(c1)N(CC(=O)N1CCCCC1)C(=O)C(C)O2. The van der Waals surface area contributed by atoms with Gasteiger partial charge in [-0.15, -0.1) is 0 Å². The number of para-hydroxylation sites is 2. The second-order valence-electron chi connectivity index (χ2n) is 8.30. The molecule has 1 N–H and O–H groups in total. The molecule has 9 nitrogen and oxygen atoms in total. The highest BCUT2D eigenvalue weighted by Crippen LogP contribution is 2.36. The summed E-state index contributed by atoms with van der Waals surface area (Å²) in [5.41, 5.74) is 0.922. The monoisotopic (exact) mass is 467 g/mol. The summed E-state index contributed by atoms with van der Waals surface area (Å²) in [4.78, 5) is 41.5. The molecule has 0 radical (unpaired) electrons. The molecule has 0 bridgehead atoms. The average Bonchev–Trinajstić information content (AvgIpc) is 2.86. The van der Waals surface area contributed by atoms with E-state index in [9.17, 15) is 14.4 Å². The van der Waals surface area contributed by atoms with Crippen LogP contribution in [0.2, 0.25) is 0 Å². The van der Waals surface area contributed by atoms with Gasteiger partial charge in [0.15, 0.2) is 24.2 Å². The number of benzene rings is 2. The van der Waals surface area contributed by atoms with E-state index in [1.165, 1.54) is 12.0 Å². The van der Waals surface area contributed by atoms with Crippen LogP contribution < -0.4 is 24.4 Å². The van der Waals surface area contributed by atoms with Gasteiger partial charge in [-0.25, -0.2) is 0 Å². The number of hydrogen-bond donors (Lipinski definition) is 1. The fourth-order valence-electron chi connectivity index (χ4n) is 4.10. The lowest BCUT2D eigenvalue weighted by atomic mass is 10.1. The highest BCUT2D eigenvalue weighted by Gasteiger charge is 2.34. The van der Waals surface area contributed by atoms with Gasteiger partial charge < -0.3 is 24.4 Å². The number of likely N-dealkylation sites (tertiary alicyclic amines) is 1. The van der Waals surface area contributed by atoms with Crippen LogP contribution in [0, 0.1) is 0 Å². The van der Waals surface area contributed by atoms with E-state index in [2.05, 4.69) is 5.32 Å². The molecule has 3 amide bonds. The molecule has 0 aromatic heterocycles. The predicted octanol–water partition coefficient (Wildman–Crippen LogP) is 2.84. The van der Waals surface area contributed by atoms with Gasteiger partial charge in [-0.3, -0.25) is 19.3 Å². The second kappa shape index (κ2) is 10.5. The number of hydrogen-bond acceptors (Lipinski definition) is 6. The average molecular weight is 468 g/mol. The zero-order chi connectivity index (χ0) is 24.1. The van der Waals surface area contributed by atoms with Crippen molar-refractivity contribution in [2.75, 3.05) is 43.6 Å². The normalized spacial score (nSPS) is 17.5. The molecule has 0 aliphatic carbocycles. The van der Waals surface area contributed by atoms with Crippen molar-refractivity contribution >= 4 is 29.1 Å². The van der Waals surface area contributed by atoms with Crippen molar-refractivity contribution in [3.8, 4) is 17.2 Å². The quantitative estimate of drug-likeness (QED) is 0.673. The van der Waals surface area contributed by atoms with Gasteiger partial charge in [-0.2, -0.15) is 0 Å². The molecule has 1 atom stereocenters. The Balaban J connectivity index is 1.46. The zero-order valence-electron chi connectivity index (χ0n) is 19.4. The van der Waals surface area contributed by atoms with Gasteiger partial charge in [0.25, 0.3) is 11.8 Å². The van der Waals surface area contributed by atoms with E-state index in [-0.39, 0.29) is 30.9 Å². The first-order valence-electron chi connectivity index (χ1n) is 11.4. The van der Waals surface area contributed by atoms with Crippen LogP contribution >= 0.6 is 0 Å². The van der Waals surface area contributed by atoms with Crippen LogP contribution in [0.15, 0.2) is 42.5 Å². The lowest BCUT2D eigenvalue weighted by Gasteiger charge is -2.35. The molecule has 0 saturated carbocycles. The smallest absolute Gasteiger partial charge is 0.268 e. The highest BCUT2D eigenvalue weighted by atomic mass is 16.5. The lowest BCUT2D eigenvalue weighted by Crippen LogP contribution is -2.50. The van der Waals surface area contributed by atoms with Gasteiger partial charge in [0, 0.05) is 18.8 Å². The summed E-state index contributed by atoms with van der Waals surface area (Å²) in [6, 6.07) is 12.1. The van der Waals surface area contributed by atoms with Crippen molar-refractivity contribution in [2.45, 2.75) is 32.3 Å². The number of carbonyl (C=O) groups is 3. The van der Waals surface area contributed by atoms with Crippen molar-refractivity contribution in [3.63, 3.8) is 0 Å². The number of piperidine rings is 1. The summed E-state index contributed by atoms with van der Waals surface area (Å²) < 4.78 is 16.5. The van der Waals surface area contributed by atoms with Crippen molar-refractivity contribution in [1.82, 2.24) is 4.90 Å². The van der Waals surface area contributed by atoms with E-state index >= 15 is 0 Å². The molecular formula is C25H29N3O6. The zero-order valence-corrected chi connectivity index (χ0v) is 19.4. The molecular weight excluding hydrogens is 438 g/mol. The Morgan fingerprint density at radius 3 is 2.56 bits per heavy atom. The minimum absolute atomic E-state index is 0.0617. The maximum absolute atomic E-state index is 12.9. The molecule has 4 rings (SSSR count). The van der Waals surface area contributed by atoms with Crippen molar-refractivity contribution < 1.29 is 28.6 Å². The summed E-state index contributed by atoms with van der Waals surface area (Å²) in [6.07, 6.45) is 2.37. The van der Waals surface area contributed by atoms with Crippen LogP contribution in [0.4, 0.5) is 11.4 Å². The third-order valence-corrected chi connectivity index (χ3v) is 5.88. The third kappa shape index (κ3) is 5.24. The minimum Gasteiger partial charge on any atom is -0.493 e. The lowest BCUT2D eigenvalue weighted by molar-refractivity contribution is -0.133. The fraction of sp³-hybridized carbons (Fsp3) is 0.400. The number of rotatable bonds is 7. The van der Waals surface area contributed by atoms with Crippen molar-refractivity contribution in [3.05, 3.63) is 42.5 Å². The van der Waals surface area contributed by atoms with E-state index in [1.54, 1.807) is 48.2 Å². The molecule has 9 heteroatoms. The summed E-state index contributed by atoms with van der Waals surface area (Å²) >= 11 is 0. The number of carbonyl (C=O) groups excluding carboxylic acids is 3. The number of nitrogens with one attached hydrogen (secondary N) is 1. The molecule has 34 heavy (non-hydrogen) atoms. The number of anilines is 2. The van der Waals surface area contributed by atoms with E-state index in [0.29, 0.717) is 41.7 Å². The first-order valence-corrected chi connectivity index (χ1v) is 11.4. The maximum atomic E-state index is 12.9. The Morgan fingerprint density at radius 1 is 1.09 bits per heavy atom. The van der Waals surface area contributed by atoms with E-state index < -0.39 is 6.10 Å². The number of fused-ring (bicyclic) bond motifs is 1. The van der Waals surface area contributed by atoms with Crippen LogP contribution in [-0.2, 0) is 14.4 Å². The van der Waals surface area contributed by atoms with Crippen molar-refractivity contribution in [2.24, 2.45) is 0 Å². The van der Waals surface area contributed by atoms with Gasteiger partial charge in [0.1, 0.15) is 12.3 Å². The molecule has 1 unspecified atom stereocenters. The maximum Gasteiger partial charge on any atom is 0.268 e. The number of methoxy groups -OCH3 is 1. The second-order valence-corrected chi connectivity index (χ2v) is 8.30. The highest BCUT2D eigenvalue weighted by molar-refractivity contribution is 6.04. The van der Waals surface area contributed by atoms with E-state index in [1.807, 2.05) is 6.07 Å². The predicted molar refractivity (Wildman–Crippen MR) is 126 cm³/mol. The summed E-state index contributed by atoms with van der Waals surface area (Å²) in [5, 5.41) is 2.77. The van der Waals surface area contributed by atoms with E-state index in [0.717, 1.165) is 19.3 Å².